The minimum absolute atomic E-state index is 0.270. The summed E-state index contributed by atoms with van der Waals surface area (Å²) in [4.78, 5) is 23.7. The average Bonchev–Trinajstić information content (AvgIpc) is 2.13. The van der Waals surface area contributed by atoms with E-state index >= 15 is 0 Å². The first-order valence-electron chi connectivity index (χ1n) is 4.01. The van der Waals surface area contributed by atoms with E-state index in [9.17, 15) is 14.7 Å². The number of nitrogens with zero attached hydrogens (tertiary/aromatic N) is 1. The molecule has 1 heterocycles. The lowest BCUT2D eigenvalue weighted by molar-refractivity contribution is -0.301. The molecule has 6 heteroatoms. The van der Waals surface area contributed by atoms with Gasteiger partial charge in [-0.05, 0) is 12.5 Å². The van der Waals surface area contributed by atoms with Crippen molar-refractivity contribution in [2.75, 3.05) is 5.75 Å². The fraction of sp³-hybridized carbons (Fsp3) is 0.222. The highest BCUT2D eigenvalue weighted by Crippen LogP contribution is 2.19. The Balaban J connectivity index is 3.11. The number of pyridine rings is 1. The number of carbonyl (C=O) groups is 1. The number of carboxylic acids is 1. The summed E-state index contributed by atoms with van der Waals surface area (Å²) >= 11 is 0.868. The first kappa shape index (κ1) is 11.3. The Bertz CT molecular complexity index is 487. The van der Waals surface area contributed by atoms with Crippen molar-refractivity contribution in [2.24, 2.45) is 0 Å². The summed E-state index contributed by atoms with van der Waals surface area (Å²) in [5, 5.41) is 19.3. The molecule has 1 aromatic rings. The molecule has 15 heavy (non-hydrogen) atoms. The quantitative estimate of drug-likeness (QED) is 0.690. The van der Waals surface area contributed by atoms with E-state index in [-0.39, 0.29) is 16.3 Å². The number of rotatable bonds is 3. The fourth-order valence-corrected chi connectivity index (χ4v) is 1.82. The Kier molecular flexibility index (Phi) is 3.52. The van der Waals surface area contributed by atoms with Crippen molar-refractivity contribution in [2.45, 2.75) is 11.9 Å². The van der Waals surface area contributed by atoms with Gasteiger partial charge in [-0.2, -0.15) is 5.26 Å². The summed E-state index contributed by atoms with van der Waals surface area (Å²) in [5.74, 6) is -1.54. The second kappa shape index (κ2) is 4.66. The van der Waals surface area contributed by atoms with Crippen LogP contribution < -0.4 is 10.7 Å². The number of nitriles is 1. The summed E-state index contributed by atoms with van der Waals surface area (Å²) in [6.45, 7) is 1.62. The van der Waals surface area contributed by atoms with Crippen LogP contribution in [0.15, 0.2) is 15.9 Å². The molecule has 0 bridgehead atoms. The molecule has 0 saturated heterocycles. The van der Waals surface area contributed by atoms with Crippen molar-refractivity contribution in [1.29, 1.82) is 5.26 Å². The van der Waals surface area contributed by atoms with Gasteiger partial charge in [0.25, 0.3) is 0 Å². The lowest BCUT2D eigenvalue weighted by Gasteiger charge is -2.05. The third kappa shape index (κ3) is 2.86. The third-order valence-corrected chi connectivity index (χ3v) is 2.63. The second-order valence-corrected chi connectivity index (χ2v) is 3.78. The first-order chi connectivity index (χ1) is 7.04. The summed E-state index contributed by atoms with van der Waals surface area (Å²) in [6, 6.07) is 3.20. The topological polar surface area (TPSA) is 96.8 Å². The van der Waals surface area contributed by atoms with Crippen molar-refractivity contribution < 1.29 is 9.90 Å². The SMILES string of the molecule is Cc1cc(=O)[nH]c(SCC(=O)[O-])c1C#N. The molecule has 78 valence electrons. The lowest BCUT2D eigenvalue weighted by Crippen LogP contribution is -2.24. The van der Waals surface area contributed by atoms with E-state index < -0.39 is 5.97 Å². The van der Waals surface area contributed by atoms with Gasteiger partial charge in [-0.15, -0.1) is 11.8 Å². The molecular formula is C9H7N2O3S-. The van der Waals surface area contributed by atoms with Crippen LogP contribution in [0, 0.1) is 18.3 Å². The lowest BCUT2D eigenvalue weighted by atomic mass is 10.2. The van der Waals surface area contributed by atoms with Crippen molar-refractivity contribution in [3.8, 4) is 6.07 Å². The number of aromatic nitrogens is 1. The van der Waals surface area contributed by atoms with E-state index in [4.69, 9.17) is 5.26 Å². The van der Waals surface area contributed by atoms with E-state index in [0.717, 1.165) is 11.8 Å². The molecule has 0 aromatic carbocycles. The molecule has 0 unspecified atom stereocenters. The van der Waals surface area contributed by atoms with E-state index in [1.807, 2.05) is 6.07 Å². The maximum atomic E-state index is 11.1. The molecule has 0 amide bonds. The summed E-state index contributed by atoms with van der Waals surface area (Å²) in [7, 11) is 0. The van der Waals surface area contributed by atoms with Crippen LogP contribution in [0.1, 0.15) is 11.1 Å². The zero-order valence-electron chi connectivity index (χ0n) is 7.86. The summed E-state index contributed by atoms with van der Waals surface area (Å²) < 4.78 is 0. The molecule has 0 saturated carbocycles. The van der Waals surface area contributed by atoms with Gasteiger partial charge >= 0.3 is 0 Å². The van der Waals surface area contributed by atoms with Crippen molar-refractivity contribution in [1.82, 2.24) is 4.98 Å². The van der Waals surface area contributed by atoms with Gasteiger partial charge in [0, 0.05) is 11.8 Å². The Morgan fingerprint density at radius 3 is 2.93 bits per heavy atom. The standard InChI is InChI=1S/C9H8N2O3S/c1-5-2-7(12)11-9(6(5)3-10)15-4-8(13)14/h2H,4H2,1H3,(H,11,12)(H,13,14)/p-1. The molecule has 0 aliphatic carbocycles. The van der Waals surface area contributed by atoms with Crippen LogP contribution in [-0.2, 0) is 4.79 Å². The van der Waals surface area contributed by atoms with E-state index in [2.05, 4.69) is 4.98 Å². The number of aryl methyl sites for hydroxylation is 1. The molecule has 0 atom stereocenters. The first-order valence-corrected chi connectivity index (χ1v) is 5.00. The number of nitrogens with one attached hydrogen (secondary N) is 1. The molecule has 0 spiro atoms. The van der Waals surface area contributed by atoms with Gasteiger partial charge in [0.15, 0.2) is 0 Å². The summed E-state index contributed by atoms with van der Waals surface area (Å²) in [6.07, 6.45) is 0. The zero-order chi connectivity index (χ0) is 11.4. The largest absolute Gasteiger partial charge is 0.549 e. The van der Waals surface area contributed by atoms with Crippen molar-refractivity contribution >= 4 is 17.7 Å². The van der Waals surface area contributed by atoms with Crippen LogP contribution in [-0.4, -0.2) is 16.7 Å². The highest BCUT2D eigenvalue weighted by Gasteiger charge is 2.07. The summed E-state index contributed by atoms with van der Waals surface area (Å²) in [5.41, 5.74) is 0.468. The molecular weight excluding hydrogens is 216 g/mol. The Morgan fingerprint density at radius 2 is 2.40 bits per heavy atom. The predicted molar refractivity (Wildman–Crippen MR) is 52.2 cm³/mol. The number of thioether (sulfide) groups is 1. The Labute approximate surface area is 89.7 Å². The monoisotopic (exact) mass is 223 g/mol. The third-order valence-electron chi connectivity index (χ3n) is 1.65. The van der Waals surface area contributed by atoms with E-state index in [1.54, 1.807) is 6.92 Å². The molecule has 1 rings (SSSR count). The van der Waals surface area contributed by atoms with Crippen LogP contribution in [0.5, 0.6) is 0 Å². The number of hydrogen-bond donors (Lipinski definition) is 1. The van der Waals surface area contributed by atoms with E-state index in [1.165, 1.54) is 6.07 Å². The highest BCUT2D eigenvalue weighted by molar-refractivity contribution is 7.99. The molecule has 1 N–H and O–H groups in total. The van der Waals surface area contributed by atoms with E-state index in [0.29, 0.717) is 11.1 Å². The molecule has 5 nitrogen and oxygen atoms in total. The van der Waals surface area contributed by atoms with Crippen LogP contribution in [0.3, 0.4) is 0 Å². The number of aliphatic carboxylic acids is 1. The van der Waals surface area contributed by atoms with Crippen LogP contribution in [0.2, 0.25) is 0 Å². The second-order valence-electron chi connectivity index (χ2n) is 2.79. The molecule has 1 aromatic heterocycles. The van der Waals surface area contributed by atoms with Gasteiger partial charge < -0.3 is 14.9 Å². The Hall–Kier alpha value is -1.74. The maximum absolute atomic E-state index is 11.1. The molecule has 0 radical (unpaired) electrons. The van der Waals surface area contributed by atoms with Gasteiger partial charge in [0.1, 0.15) is 6.07 Å². The number of hydrogen-bond acceptors (Lipinski definition) is 5. The van der Waals surface area contributed by atoms with Crippen molar-refractivity contribution in [3.63, 3.8) is 0 Å². The van der Waals surface area contributed by atoms with Gasteiger partial charge in [0.2, 0.25) is 5.56 Å². The molecule has 0 aliphatic heterocycles. The van der Waals surface area contributed by atoms with Gasteiger partial charge in [-0.1, -0.05) is 0 Å². The van der Waals surface area contributed by atoms with Crippen LogP contribution >= 0.6 is 11.8 Å². The smallest absolute Gasteiger partial charge is 0.249 e. The van der Waals surface area contributed by atoms with Gasteiger partial charge in [0.05, 0.1) is 16.6 Å². The molecule has 0 fully saturated rings. The highest BCUT2D eigenvalue weighted by atomic mass is 32.2. The van der Waals surface area contributed by atoms with Crippen molar-refractivity contribution in [3.05, 3.63) is 27.5 Å². The molecule has 0 aliphatic rings. The van der Waals surface area contributed by atoms with Gasteiger partial charge in [-0.25, -0.2) is 0 Å². The minimum atomic E-state index is -1.24. The number of carbonyl (C=O) groups excluding carboxylic acids is 1. The normalized spacial score (nSPS) is 9.60. The predicted octanol–water partition coefficient (Wildman–Crippen LogP) is -0.603. The van der Waals surface area contributed by atoms with Crippen LogP contribution in [0.25, 0.3) is 0 Å². The zero-order valence-corrected chi connectivity index (χ0v) is 8.68. The number of H-pyrrole nitrogens is 1. The maximum Gasteiger partial charge on any atom is 0.249 e. The Morgan fingerprint density at radius 1 is 1.73 bits per heavy atom. The fourth-order valence-electron chi connectivity index (χ4n) is 1.04. The van der Waals surface area contributed by atoms with Gasteiger partial charge in [-0.3, -0.25) is 4.79 Å². The number of aromatic amines is 1. The minimum Gasteiger partial charge on any atom is -0.549 e. The number of carboxylic acid groups (broad SMARTS) is 1. The average molecular weight is 223 g/mol. The van der Waals surface area contributed by atoms with Crippen LogP contribution in [0.4, 0.5) is 0 Å².